The molecule has 0 radical (unpaired) electrons. The van der Waals surface area contributed by atoms with Crippen LogP contribution in [0.25, 0.3) is 0 Å². The third kappa shape index (κ3) is 5.98. The molecule has 1 aromatic carbocycles. The fourth-order valence-corrected chi connectivity index (χ4v) is 3.04. The average Bonchev–Trinajstić information content (AvgIpc) is 2.55. The first-order valence-corrected chi connectivity index (χ1v) is 8.07. The molecule has 24 heavy (non-hydrogen) atoms. The Balaban J connectivity index is 0.00000288. The number of halogens is 4. The molecule has 136 valence electrons. The zero-order valence-electron chi connectivity index (χ0n) is 13.5. The molecule has 3 nitrogen and oxygen atoms in total. The van der Waals surface area contributed by atoms with Crippen molar-refractivity contribution >= 4 is 18.3 Å². The van der Waals surface area contributed by atoms with Crippen LogP contribution in [-0.4, -0.2) is 29.6 Å². The van der Waals surface area contributed by atoms with E-state index < -0.39 is 12.6 Å². The zero-order valence-corrected chi connectivity index (χ0v) is 14.3. The Morgan fingerprint density at radius 3 is 2.21 bits per heavy atom. The summed E-state index contributed by atoms with van der Waals surface area (Å²) < 4.78 is 37.8. The van der Waals surface area contributed by atoms with E-state index in [1.54, 1.807) is 24.3 Å². The van der Waals surface area contributed by atoms with Crippen LogP contribution in [0.4, 0.5) is 13.2 Å². The lowest BCUT2D eigenvalue weighted by Gasteiger charge is -2.34. The summed E-state index contributed by atoms with van der Waals surface area (Å²) in [6, 6.07) is 6.70. The van der Waals surface area contributed by atoms with E-state index in [0.717, 1.165) is 37.7 Å². The van der Waals surface area contributed by atoms with Crippen molar-refractivity contribution in [2.75, 3.05) is 6.54 Å². The predicted molar refractivity (Wildman–Crippen MR) is 90.2 cm³/mol. The van der Waals surface area contributed by atoms with Crippen LogP contribution in [0.1, 0.15) is 54.4 Å². The second-order valence-corrected chi connectivity index (χ2v) is 6.06. The Morgan fingerprint density at radius 2 is 1.71 bits per heavy atom. The minimum Gasteiger partial charge on any atom is -0.335 e. The Morgan fingerprint density at radius 1 is 1.12 bits per heavy atom. The van der Waals surface area contributed by atoms with Gasteiger partial charge >= 0.3 is 6.18 Å². The average molecular weight is 365 g/mol. The number of rotatable bonds is 5. The lowest BCUT2D eigenvalue weighted by Crippen LogP contribution is -2.43. The highest BCUT2D eigenvalue weighted by Gasteiger charge is 2.32. The smallest absolute Gasteiger partial charge is 0.335 e. The molecule has 0 unspecified atom stereocenters. The van der Waals surface area contributed by atoms with Crippen LogP contribution in [0.5, 0.6) is 0 Å². The summed E-state index contributed by atoms with van der Waals surface area (Å²) in [6.07, 6.45) is -0.635. The molecule has 0 spiro atoms. The van der Waals surface area contributed by atoms with Gasteiger partial charge in [0, 0.05) is 24.7 Å². The van der Waals surface area contributed by atoms with Crippen LogP contribution in [-0.2, 0) is 6.54 Å². The Bertz CT molecular complexity index is 514. The monoisotopic (exact) mass is 364 g/mol. The van der Waals surface area contributed by atoms with Crippen molar-refractivity contribution in [3.8, 4) is 0 Å². The van der Waals surface area contributed by atoms with Gasteiger partial charge in [0.2, 0.25) is 0 Å². The maximum atomic E-state index is 12.7. The summed E-state index contributed by atoms with van der Waals surface area (Å²) in [4.78, 5) is 14.1. The van der Waals surface area contributed by atoms with Crippen LogP contribution in [0.3, 0.4) is 0 Å². The normalized spacial score (nSPS) is 15.7. The summed E-state index contributed by atoms with van der Waals surface area (Å²) in [5.74, 6) is -0.315. The second kappa shape index (κ2) is 9.28. The van der Waals surface area contributed by atoms with E-state index in [4.69, 9.17) is 5.73 Å². The van der Waals surface area contributed by atoms with Crippen molar-refractivity contribution in [3.63, 3.8) is 0 Å². The van der Waals surface area contributed by atoms with E-state index in [-0.39, 0.29) is 30.9 Å². The molecule has 0 atom stereocenters. The largest absolute Gasteiger partial charge is 0.390 e. The maximum absolute atomic E-state index is 12.7. The molecule has 1 saturated carbocycles. The summed E-state index contributed by atoms with van der Waals surface area (Å²) >= 11 is 0. The summed E-state index contributed by atoms with van der Waals surface area (Å²) in [5.41, 5.74) is 6.84. The quantitative estimate of drug-likeness (QED) is 0.847. The number of nitrogens with two attached hydrogens (primary N) is 1. The third-order valence-electron chi connectivity index (χ3n) is 4.35. The topological polar surface area (TPSA) is 46.3 Å². The van der Waals surface area contributed by atoms with Crippen molar-refractivity contribution in [2.24, 2.45) is 5.73 Å². The van der Waals surface area contributed by atoms with Gasteiger partial charge in [-0.3, -0.25) is 4.79 Å². The van der Waals surface area contributed by atoms with Crippen LogP contribution in [0.2, 0.25) is 0 Å². The van der Waals surface area contributed by atoms with Crippen molar-refractivity contribution < 1.29 is 18.0 Å². The van der Waals surface area contributed by atoms with Gasteiger partial charge in [0.1, 0.15) is 0 Å². The van der Waals surface area contributed by atoms with Gasteiger partial charge in [0.15, 0.2) is 0 Å². The van der Waals surface area contributed by atoms with E-state index in [9.17, 15) is 18.0 Å². The number of alkyl halides is 3. The molecule has 0 aliphatic heterocycles. The Kier molecular flexibility index (Phi) is 8.03. The molecule has 1 aliphatic rings. The van der Waals surface area contributed by atoms with Crippen molar-refractivity contribution in [2.45, 2.75) is 57.3 Å². The SMILES string of the molecule is Cl.NCc1ccc(C(=O)N(CCC(F)(F)F)C2CCCCC2)cc1. The summed E-state index contributed by atoms with van der Waals surface area (Å²) in [6.45, 7) is 0.0977. The number of nitrogens with zero attached hydrogens (tertiary/aromatic N) is 1. The molecule has 1 amide bonds. The first kappa shape index (κ1) is 20.8. The number of carbonyl (C=O) groups is 1. The molecule has 2 rings (SSSR count). The first-order valence-electron chi connectivity index (χ1n) is 8.07. The van der Waals surface area contributed by atoms with Crippen LogP contribution < -0.4 is 5.73 Å². The van der Waals surface area contributed by atoms with Gasteiger partial charge in [-0.25, -0.2) is 0 Å². The van der Waals surface area contributed by atoms with E-state index in [1.165, 1.54) is 4.90 Å². The molecule has 1 aliphatic carbocycles. The highest BCUT2D eigenvalue weighted by atomic mass is 35.5. The standard InChI is InChI=1S/C17H23F3N2O.ClH/c18-17(19,20)10-11-22(15-4-2-1-3-5-15)16(23)14-8-6-13(12-21)7-9-14;/h6-9,15H,1-5,10-12,21H2;1H. The summed E-state index contributed by atoms with van der Waals surface area (Å²) in [5, 5.41) is 0. The van der Waals surface area contributed by atoms with Crippen LogP contribution in [0.15, 0.2) is 24.3 Å². The van der Waals surface area contributed by atoms with Gasteiger partial charge in [-0.05, 0) is 30.5 Å². The van der Waals surface area contributed by atoms with E-state index in [1.807, 2.05) is 0 Å². The van der Waals surface area contributed by atoms with Crippen molar-refractivity contribution in [1.82, 2.24) is 4.90 Å². The molecule has 0 aromatic heterocycles. The molecule has 7 heteroatoms. The minimum atomic E-state index is -4.25. The molecule has 1 fully saturated rings. The number of hydrogen-bond donors (Lipinski definition) is 1. The van der Waals surface area contributed by atoms with E-state index in [2.05, 4.69) is 0 Å². The van der Waals surface area contributed by atoms with Gasteiger partial charge in [-0.2, -0.15) is 13.2 Å². The molecular weight excluding hydrogens is 341 g/mol. The molecular formula is C17H24ClF3N2O. The Hall–Kier alpha value is -1.27. The molecule has 0 saturated heterocycles. The molecule has 2 N–H and O–H groups in total. The maximum Gasteiger partial charge on any atom is 0.390 e. The van der Waals surface area contributed by atoms with Gasteiger partial charge < -0.3 is 10.6 Å². The van der Waals surface area contributed by atoms with Gasteiger partial charge in [-0.15, -0.1) is 12.4 Å². The predicted octanol–water partition coefficient (Wildman–Crippen LogP) is 4.29. The second-order valence-electron chi connectivity index (χ2n) is 6.06. The minimum absolute atomic E-state index is 0. The first-order chi connectivity index (χ1) is 10.9. The Labute approximate surface area is 146 Å². The number of benzene rings is 1. The van der Waals surface area contributed by atoms with Crippen LogP contribution >= 0.6 is 12.4 Å². The highest BCUT2D eigenvalue weighted by molar-refractivity contribution is 5.94. The molecule has 0 heterocycles. The lowest BCUT2D eigenvalue weighted by molar-refractivity contribution is -0.137. The van der Waals surface area contributed by atoms with E-state index >= 15 is 0 Å². The molecule has 1 aromatic rings. The fraction of sp³-hybridized carbons (Fsp3) is 0.588. The van der Waals surface area contributed by atoms with Gasteiger partial charge in [-0.1, -0.05) is 31.4 Å². The van der Waals surface area contributed by atoms with Crippen molar-refractivity contribution in [1.29, 1.82) is 0 Å². The van der Waals surface area contributed by atoms with Gasteiger partial charge in [0.05, 0.1) is 6.42 Å². The third-order valence-corrected chi connectivity index (χ3v) is 4.35. The number of carbonyl (C=O) groups excluding carboxylic acids is 1. The van der Waals surface area contributed by atoms with Crippen molar-refractivity contribution in [3.05, 3.63) is 35.4 Å². The van der Waals surface area contributed by atoms with Gasteiger partial charge in [0.25, 0.3) is 5.91 Å². The number of hydrogen-bond acceptors (Lipinski definition) is 2. The van der Waals surface area contributed by atoms with E-state index in [0.29, 0.717) is 12.1 Å². The van der Waals surface area contributed by atoms with Crippen LogP contribution in [0, 0.1) is 0 Å². The fourth-order valence-electron chi connectivity index (χ4n) is 3.04. The molecule has 0 bridgehead atoms. The zero-order chi connectivity index (χ0) is 16.9. The highest BCUT2D eigenvalue weighted by Crippen LogP contribution is 2.27. The number of amides is 1. The lowest BCUT2D eigenvalue weighted by atomic mass is 9.93. The summed E-state index contributed by atoms with van der Waals surface area (Å²) in [7, 11) is 0.